The van der Waals surface area contributed by atoms with Gasteiger partial charge in [-0.1, -0.05) is 24.3 Å². The Hall–Kier alpha value is -1.35. The molecule has 3 heteroatoms. The number of hydrogen-bond donors (Lipinski definition) is 2. The van der Waals surface area contributed by atoms with Crippen molar-refractivity contribution in [2.75, 3.05) is 13.1 Å². The van der Waals surface area contributed by atoms with Gasteiger partial charge in [0.1, 0.15) is 0 Å². The third kappa shape index (κ3) is 4.06. The molecule has 1 amide bonds. The molecule has 1 aromatic carbocycles. The summed E-state index contributed by atoms with van der Waals surface area (Å²) in [6.07, 6.45) is 3.44. The molecule has 1 fully saturated rings. The standard InChI is InChI=1S/C16H24N2O/c1-13-5-3-4-6-14(13)7-8-15(19)18-16(2)9-11-17-12-10-16/h3-6,17H,7-12H2,1-2H3,(H,18,19). The SMILES string of the molecule is Cc1ccccc1CCC(=O)NC1(C)CCNCC1. The van der Waals surface area contributed by atoms with Crippen molar-refractivity contribution in [3.63, 3.8) is 0 Å². The smallest absolute Gasteiger partial charge is 0.220 e. The Morgan fingerprint density at radius 2 is 2.00 bits per heavy atom. The summed E-state index contributed by atoms with van der Waals surface area (Å²) in [4.78, 5) is 12.1. The zero-order valence-corrected chi connectivity index (χ0v) is 12.0. The van der Waals surface area contributed by atoms with E-state index in [-0.39, 0.29) is 11.4 Å². The van der Waals surface area contributed by atoms with E-state index in [2.05, 4.69) is 36.6 Å². The lowest BCUT2D eigenvalue weighted by Crippen LogP contribution is -2.52. The van der Waals surface area contributed by atoms with Crippen LogP contribution in [0.15, 0.2) is 24.3 Å². The van der Waals surface area contributed by atoms with E-state index in [0.29, 0.717) is 6.42 Å². The molecule has 3 nitrogen and oxygen atoms in total. The number of piperidine rings is 1. The van der Waals surface area contributed by atoms with Crippen LogP contribution in [0.1, 0.15) is 37.3 Å². The highest BCUT2D eigenvalue weighted by molar-refractivity contribution is 5.77. The number of nitrogens with one attached hydrogen (secondary N) is 2. The molecule has 0 atom stereocenters. The number of carbonyl (C=O) groups is 1. The highest BCUT2D eigenvalue weighted by Gasteiger charge is 2.27. The quantitative estimate of drug-likeness (QED) is 0.871. The summed E-state index contributed by atoms with van der Waals surface area (Å²) in [5.41, 5.74) is 2.52. The third-order valence-electron chi connectivity index (χ3n) is 4.03. The van der Waals surface area contributed by atoms with E-state index in [1.54, 1.807) is 0 Å². The normalized spacial score (nSPS) is 18.0. The topological polar surface area (TPSA) is 41.1 Å². The maximum Gasteiger partial charge on any atom is 0.220 e. The van der Waals surface area contributed by atoms with Gasteiger partial charge >= 0.3 is 0 Å². The zero-order chi connectivity index (χ0) is 13.7. The van der Waals surface area contributed by atoms with Crippen molar-refractivity contribution in [1.82, 2.24) is 10.6 Å². The fourth-order valence-corrected chi connectivity index (χ4v) is 2.64. The van der Waals surface area contributed by atoms with E-state index in [1.165, 1.54) is 11.1 Å². The first-order valence-corrected chi connectivity index (χ1v) is 7.15. The number of benzene rings is 1. The number of amides is 1. The Kier molecular flexibility index (Phi) is 4.59. The van der Waals surface area contributed by atoms with Gasteiger partial charge in [-0.3, -0.25) is 4.79 Å². The maximum atomic E-state index is 12.1. The van der Waals surface area contributed by atoms with Gasteiger partial charge in [0, 0.05) is 12.0 Å². The van der Waals surface area contributed by atoms with Gasteiger partial charge in [0.2, 0.25) is 5.91 Å². The van der Waals surface area contributed by atoms with Crippen LogP contribution in [0.5, 0.6) is 0 Å². The van der Waals surface area contributed by atoms with Crippen LogP contribution in [0, 0.1) is 6.92 Å². The Morgan fingerprint density at radius 1 is 1.32 bits per heavy atom. The molecule has 0 radical (unpaired) electrons. The molecular weight excluding hydrogens is 236 g/mol. The Labute approximate surface area is 115 Å². The van der Waals surface area contributed by atoms with E-state index in [0.717, 1.165) is 32.4 Å². The van der Waals surface area contributed by atoms with Crippen molar-refractivity contribution in [2.24, 2.45) is 0 Å². The monoisotopic (exact) mass is 260 g/mol. The van der Waals surface area contributed by atoms with Crippen molar-refractivity contribution in [3.05, 3.63) is 35.4 Å². The number of rotatable bonds is 4. The molecule has 104 valence electrons. The molecule has 0 aromatic heterocycles. The summed E-state index contributed by atoms with van der Waals surface area (Å²) in [7, 11) is 0. The molecular formula is C16H24N2O. The van der Waals surface area contributed by atoms with Crippen LogP contribution in [-0.4, -0.2) is 24.5 Å². The molecule has 19 heavy (non-hydrogen) atoms. The lowest BCUT2D eigenvalue weighted by molar-refractivity contribution is -0.123. The molecule has 1 aliphatic heterocycles. The molecule has 1 aliphatic rings. The van der Waals surface area contributed by atoms with Crippen LogP contribution >= 0.6 is 0 Å². The van der Waals surface area contributed by atoms with Crippen molar-refractivity contribution in [3.8, 4) is 0 Å². The van der Waals surface area contributed by atoms with Gasteiger partial charge in [-0.15, -0.1) is 0 Å². The summed E-state index contributed by atoms with van der Waals surface area (Å²) in [6, 6.07) is 8.28. The van der Waals surface area contributed by atoms with Gasteiger partial charge in [-0.2, -0.15) is 0 Å². The highest BCUT2D eigenvalue weighted by atomic mass is 16.1. The Morgan fingerprint density at radius 3 is 2.68 bits per heavy atom. The minimum Gasteiger partial charge on any atom is -0.351 e. The van der Waals surface area contributed by atoms with Crippen molar-refractivity contribution >= 4 is 5.91 Å². The van der Waals surface area contributed by atoms with Gasteiger partial charge in [0.25, 0.3) is 0 Å². The molecule has 0 unspecified atom stereocenters. The first-order chi connectivity index (χ1) is 9.09. The fourth-order valence-electron chi connectivity index (χ4n) is 2.64. The lowest BCUT2D eigenvalue weighted by Gasteiger charge is -2.35. The Bertz CT molecular complexity index is 436. The van der Waals surface area contributed by atoms with E-state index < -0.39 is 0 Å². The molecule has 2 N–H and O–H groups in total. The van der Waals surface area contributed by atoms with Crippen LogP contribution in [0.4, 0.5) is 0 Å². The van der Waals surface area contributed by atoms with Crippen LogP contribution in [0.2, 0.25) is 0 Å². The summed E-state index contributed by atoms with van der Waals surface area (Å²) in [6.45, 7) is 6.24. The minimum atomic E-state index is -0.0198. The van der Waals surface area contributed by atoms with E-state index >= 15 is 0 Å². The second-order valence-corrected chi connectivity index (χ2v) is 5.79. The van der Waals surface area contributed by atoms with Crippen molar-refractivity contribution in [1.29, 1.82) is 0 Å². The van der Waals surface area contributed by atoms with Gasteiger partial charge in [0.15, 0.2) is 0 Å². The average Bonchev–Trinajstić information content (AvgIpc) is 2.38. The number of aryl methyl sites for hydroxylation is 2. The largest absolute Gasteiger partial charge is 0.351 e. The second-order valence-electron chi connectivity index (χ2n) is 5.79. The molecule has 0 bridgehead atoms. The molecule has 2 rings (SSSR count). The lowest BCUT2D eigenvalue weighted by atomic mass is 9.90. The van der Waals surface area contributed by atoms with Gasteiger partial charge in [-0.05, 0) is 57.3 Å². The van der Waals surface area contributed by atoms with E-state index in [9.17, 15) is 4.79 Å². The van der Waals surface area contributed by atoms with Crippen LogP contribution < -0.4 is 10.6 Å². The summed E-state index contributed by atoms with van der Waals surface area (Å²) in [5.74, 6) is 0.174. The second kappa shape index (κ2) is 6.20. The molecule has 0 saturated carbocycles. The predicted octanol–water partition coefficient (Wildman–Crippen LogP) is 2.19. The number of hydrogen-bond acceptors (Lipinski definition) is 2. The summed E-state index contributed by atoms with van der Waals surface area (Å²) in [5, 5.41) is 6.53. The highest BCUT2D eigenvalue weighted by Crippen LogP contribution is 2.17. The van der Waals surface area contributed by atoms with Gasteiger partial charge in [-0.25, -0.2) is 0 Å². The van der Waals surface area contributed by atoms with Gasteiger partial charge in [0.05, 0.1) is 0 Å². The first kappa shape index (κ1) is 14.1. The summed E-state index contributed by atoms with van der Waals surface area (Å²) >= 11 is 0. The van der Waals surface area contributed by atoms with Crippen molar-refractivity contribution < 1.29 is 4.79 Å². The molecule has 0 spiro atoms. The summed E-state index contributed by atoms with van der Waals surface area (Å²) < 4.78 is 0. The van der Waals surface area contributed by atoms with E-state index in [1.807, 2.05) is 12.1 Å². The molecule has 1 saturated heterocycles. The maximum absolute atomic E-state index is 12.1. The first-order valence-electron chi connectivity index (χ1n) is 7.15. The average molecular weight is 260 g/mol. The molecule has 1 heterocycles. The third-order valence-corrected chi connectivity index (χ3v) is 4.03. The predicted molar refractivity (Wildman–Crippen MR) is 78.2 cm³/mol. The Balaban J connectivity index is 1.83. The van der Waals surface area contributed by atoms with Gasteiger partial charge < -0.3 is 10.6 Å². The molecule has 0 aliphatic carbocycles. The molecule has 1 aromatic rings. The van der Waals surface area contributed by atoms with Crippen LogP contribution in [0.25, 0.3) is 0 Å². The van der Waals surface area contributed by atoms with Crippen molar-refractivity contribution in [2.45, 2.75) is 45.1 Å². The van der Waals surface area contributed by atoms with Crippen LogP contribution in [0.3, 0.4) is 0 Å². The van der Waals surface area contributed by atoms with E-state index in [4.69, 9.17) is 0 Å². The number of carbonyl (C=O) groups excluding carboxylic acids is 1. The minimum absolute atomic E-state index is 0.0198. The van der Waals surface area contributed by atoms with Crippen LogP contribution in [-0.2, 0) is 11.2 Å². The fraction of sp³-hybridized carbons (Fsp3) is 0.562. The zero-order valence-electron chi connectivity index (χ0n) is 12.0.